The average Bonchev–Trinajstić information content (AvgIpc) is 2.59. The second-order valence-corrected chi connectivity index (χ2v) is 3.84. The first-order valence-electron chi connectivity index (χ1n) is 4.94. The fraction of sp³-hybridized carbons (Fsp3) is 0.143. The largest absolute Gasteiger partial charge is 0.0726 e. The second-order valence-electron chi connectivity index (χ2n) is 3.84. The van der Waals surface area contributed by atoms with Crippen molar-refractivity contribution in [2.75, 3.05) is 0 Å². The summed E-state index contributed by atoms with van der Waals surface area (Å²) in [5, 5.41) is 0. The summed E-state index contributed by atoms with van der Waals surface area (Å²) < 4.78 is 0. The molecular weight excluding hydrogens is 168 g/mol. The van der Waals surface area contributed by atoms with Crippen molar-refractivity contribution in [2.45, 2.75) is 12.8 Å². The molecule has 67 valence electrons. The van der Waals surface area contributed by atoms with Gasteiger partial charge in [0, 0.05) is 5.92 Å². The normalized spacial score (nSPS) is 21.8. The zero-order chi connectivity index (χ0) is 9.54. The molecule has 14 heavy (non-hydrogen) atoms. The Balaban J connectivity index is 2.25. The lowest BCUT2D eigenvalue weighted by Gasteiger charge is -2.12. The van der Waals surface area contributed by atoms with Gasteiger partial charge in [0.1, 0.15) is 0 Å². The molecule has 0 heterocycles. The maximum atomic E-state index is 3.48. The summed E-state index contributed by atoms with van der Waals surface area (Å²) in [6, 6.07) is 6.48. The van der Waals surface area contributed by atoms with Crippen molar-refractivity contribution in [1.82, 2.24) is 0 Å². The lowest BCUT2D eigenvalue weighted by Crippen LogP contribution is -1.95. The predicted octanol–water partition coefficient (Wildman–Crippen LogP) is 3.30. The van der Waals surface area contributed by atoms with Crippen molar-refractivity contribution in [1.29, 1.82) is 0 Å². The summed E-state index contributed by atoms with van der Waals surface area (Å²) in [6.07, 6.45) is 12.1. The van der Waals surface area contributed by atoms with Crippen LogP contribution in [-0.2, 0) is 0 Å². The van der Waals surface area contributed by atoms with Gasteiger partial charge < -0.3 is 0 Å². The van der Waals surface area contributed by atoms with Gasteiger partial charge in [0.25, 0.3) is 0 Å². The minimum absolute atomic E-state index is 0.454. The van der Waals surface area contributed by atoms with Crippen molar-refractivity contribution < 1.29 is 0 Å². The molecule has 0 spiro atoms. The van der Waals surface area contributed by atoms with Crippen LogP contribution in [0.4, 0.5) is 0 Å². The van der Waals surface area contributed by atoms with Gasteiger partial charge >= 0.3 is 0 Å². The smallest absolute Gasteiger partial charge is 0.0285 e. The first-order valence-corrected chi connectivity index (χ1v) is 4.94. The van der Waals surface area contributed by atoms with Gasteiger partial charge in [-0.15, -0.1) is 0 Å². The van der Waals surface area contributed by atoms with E-state index in [4.69, 9.17) is 0 Å². The first kappa shape index (κ1) is 7.81. The molecule has 1 aromatic rings. The molecule has 2 aliphatic rings. The quantitative estimate of drug-likeness (QED) is 0.573. The van der Waals surface area contributed by atoms with E-state index in [-0.39, 0.29) is 0 Å². The van der Waals surface area contributed by atoms with Crippen LogP contribution in [-0.4, -0.2) is 0 Å². The van der Waals surface area contributed by atoms with Crippen LogP contribution in [0.1, 0.15) is 22.6 Å². The molecule has 1 radical (unpaired) electrons. The molecule has 0 saturated heterocycles. The van der Waals surface area contributed by atoms with Crippen molar-refractivity contribution in [3.63, 3.8) is 0 Å². The Morgan fingerprint density at radius 3 is 3.07 bits per heavy atom. The predicted molar refractivity (Wildman–Crippen MR) is 58.1 cm³/mol. The maximum absolute atomic E-state index is 3.48. The molecule has 0 nitrogen and oxygen atoms in total. The summed E-state index contributed by atoms with van der Waals surface area (Å²) in [4.78, 5) is 0. The topological polar surface area (TPSA) is 0 Å². The minimum atomic E-state index is 0.454. The van der Waals surface area contributed by atoms with Crippen LogP contribution >= 0.6 is 0 Å². The lowest BCUT2D eigenvalue weighted by molar-refractivity contribution is 1.04. The van der Waals surface area contributed by atoms with Gasteiger partial charge in [0.05, 0.1) is 0 Å². The van der Waals surface area contributed by atoms with E-state index in [1.54, 1.807) is 0 Å². The Labute approximate surface area is 84.3 Å². The van der Waals surface area contributed by atoms with Gasteiger partial charge in [-0.1, -0.05) is 42.5 Å². The molecule has 0 saturated carbocycles. The molecule has 0 fully saturated rings. The van der Waals surface area contributed by atoms with Crippen molar-refractivity contribution in [3.8, 4) is 0 Å². The summed E-state index contributed by atoms with van der Waals surface area (Å²) in [7, 11) is 0. The standard InChI is InChI=1S/C14H11/c1-10-5-4-8-13-12-7-3-2-6-11(12)9-14(10)13/h2-8,12H,1H3. The third-order valence-electron chi connectivity index (χ3n) is 2.93. The van der Waals surface area contributed by atoms with Gasteiger partial charge in [0.15, 0.2) is 0 Å². The summed E-state index contributed by atoms with van der Waals surface area (Å²) in [5.74, 6) is 0.454. The fourth-order valence-electron chi connectivity index (χ4n) is 2.20. The number of hydrogen-bond acceptors (Lipinski definition) is 0. The highest BCUT2D eigenvalue weighted by Gasteiger charge is 2.23. The van der Waals surface area contributed by atoms with E-state index in [1.165, 1.54) is 22.3 Å². The van der Waals surface area contributed by atoms with Gasteiger partial charge in [-0.05, 0) is 35.3 Å². The van der Waals surface area contributed by atoms with E-state index >= 15 is 0 Å². The molecule has 0 bridgehead atoms. The summed E-state index contributed by atoms with van der Waals surface area (Å²) in [5.41, 5.74) is 5.33. The summed E-state index contributed by atoms with van der Waals surface area (Å²) >= 11 is 0. The molecular formula is C14H11. The third-order valence-corrected chi connectivity index (χ3v) is 2.93. The van der Waals surface area contributed by atoms with Crippen molar-refractivity contribution in [3.05, 3.63) is 70.8 Å². The van der Waals surface area contributed by atoms with E-state index in [0.717, 1.165) is 0 Å². The van der Waals surface area contributed by atoms with Gasteiger partial charge in [-0.2, -0.15) is 0 Å². The zero-order valence-corrected chi connectivity index (χ0v) is 8.12. The lowest BCUT2D eigenvalue weighted by atomic mass is 9.92. The Kier molecular flexibility index (Phi) is 1.51. The van der Waals surface area contributed by atoms with E-state index in [1.807, 2.05) is 0 Å². The summed E-state index contributed by atoms with van der Waals surface area (Å²) in [6.45, 7) is 2.15. The highest BCUT2D eigenvalue weighted by molar-refractivity contribution is 5.57. The van der Waals surface area contributed by atoms with E-state index in [9.17, 15) is 0 Å². The average molecular weight is 179 g/mol. The van der Waals surface area contributed by atoms with E-state index in [2.05, 4.69) is 55.5 Å². The van der Waals surface area contributed by atoms with Crippen molar-refractivity contribution in [2.24, 2.45) is 0 Å². The molecule has 1 aromatic carbocycles. The Hall–Kier alpha value is -1.56. The van der Waals surface area contributed by atoms with E-state index < -0.39 is 0 Å². The molecule has 1 unspecified atom stereocenters. The van der Waals surface area contributed by atoms with Crippen LogP contribution < -0.4 is 0 Å². The van der Waals surface area contributed by atoms with Crippen LogP contribution in [0.5, 0.6) is 0 Å². The number of benzene rings is 1. The third kappa shape index (κ3) is 0.941. The zero-order valence-electron chi connectivity index (χ0n) is 8.12. The minimum Gasteiger partial charge on any atom is -0.0726 e. The highest BCUT2D eigenvalue weighted by atomic mass is 14.3. The maximum Gasteiger partial charge on any atom is 0.0285 e. The van der Waals surface area contributed by atoms with Crippen LogP contribution in [0.3, 0.4) is 0 Å². The number of hydrogen-bond donors (Lipinski definition) is 0. The number of aryl methyl sites for hydroxylation is 1. The van der Waals surface area contributed by atoms with Gasteiger partial charge in [0.2, 0.25) is 0 Å². The number of allylic oxidation sites excluding steroid dienone is 5. The number of rotatable bonds is 0. The van der Waals surface area contributed by atoms with E-state index in [0.29, 0.717) is 5.92 Å². The van der Waals surface area contributed by atoms with Crippen molar-refractivity contribution >= 4 is 0 Å². The highest BCUT2D eigenvalue weighted by Crippen LogP contribution is 2.39. The molecule has 0 heteroatoms. The number of fused-ring (bicyclic) bond motifs is 3. The Bertz CT molecular complexity index is 473. The molecule has 0 aliphatic heterocycles. The molecule has 2 aliphatic carbocycles. The molecule has 3 rings (SSSR count). The Morgan fingerprint density at radius 1 is 1.21 bits per heavy atom. The molecule has 1 atom stereocenters. The van der Waals surface area contributed by atoms with Gasteiger partial charge in [-0.3, -0.25) is 0 Å². The van der Waals surface area contributed by atoms with Crippen LogP contribution in [0.2, 0.25) is 0 Å². The molecule has 0 amide bonds. The second kappa shape index (κ2) is 2.71. The Morgan fingerprint density at radius 2 is 2.14 bits per heavy atom. The van der Waals surface area contributed by atoms with Crippen LogP contribution in [0.25, 0.3) is 0 Å². The monoisotopic (exact) mass is 179 g/mol. The fourth-order valence-corrected chi connectivity index (χ4v) is 2.20. The molecule has 0 N–H and O–H groups in total. The SMILES string of the molecule is Cc1cccc2c1[C]=C1C=CC=CC12. The van der Waals surface area contributed by atoms with Crippen LogP contribution in [0, 0.1) is 13.0 Å². The van der Waals surface area contributed by atoms with Crippen LogP contribution in [0.15, 0.2) is 48.1 Å². The first-order chi connectivity index (χ1) is 6.86. The van der Waals surface area contributed by atoms with Gasteiger partial charge in [-0.25, -0.2) is 0 Å². The molecule has 0 aromatic heterocycles.